The molecule has 0 atom stereocenters. The number of carbonyl (C=O) groups excluding carboxylic acids is 1. The van der Waals surface area contributed by atoms with Crippen LogP contribution in [0.2, 0.25) is 0 Å². The Hall–Kier alpha value is -2.29. The highest BCUT2D eigenvalue weighted by atomic mass is 32.2. The number of fused-ring (bicyclic) bond motifs is 1. The lowest BCUT2D eigenvalue weighted by molar-refractivity contribution is 0.0601. The van der Waals surface area contributed by atoms with Crippen molar-refractivity contribution in [1.82, 2.24) is 9.61 Å². The van der Waals surface area contributed by atoms with Crippen molar-refractivity contribution < 1.29 is 22.7 Å². The molecule has 0 spiro atoms. The SMILES string of the molecule is COC(=O)c1c(=O)[nH]n2cc(OC3CCS(=O)(=O)CC3)ccc12. The van der Waals surface area contributed by atoms with E-state index in [0.717, 1.165) is 0 Å². The van der Waals surface area contributed by atoms with Crippen LogP contribution in [0.15, 0.2) is 23.1 Å². The van der Waals surface area contributed by atoms with E-state index in [9.17, 15) is 18.0 Å². The van der Waals surface area contributed by atoms with Gasteiger partial charge in [0.2, 0.25) is 0 Å². The topological polar surface area (TPSA) is 107 Å². The monoisotopic (exact) mass is 340 g/mol. The summed E-state index contributed by atoms with van der Waals surface area (Å²) in [5, 5.41) is 2.52. The van der Waals surface area contributed by atoms with Crippen LogP contribution in [-0.4, -0.2) is 48.7 Å². The molecule has 2 aromatic rings. The number of ether oxygens (including phenoxy) is 2. The zero-order valence-electron chi connectivity index (χ0n) is 12.4. The molecular formula is C14H16N2O6S. The molecule has 0 aliphatic carbocycles. The van der Waals surface area contributed by atoms with Gasteiger partial charge in [-0.1, -0.05) is 0 Å². The molecule has 1 aliphatic rings. The molecule has 0 saturated carbocycles. The molecule has 1 aliphatic heterocycles. The average molecular weight is 340 g/mol. The van der Waals surface area contributed by atoms with E-state index in [1.807, 2.05) is 0 Å². The Kier molecular flexibility index (Phi) is 3.88. The molecule has 9 heteroatoms. The van der Waals surface area contributed by atoms with Crippen molar-refractivity contribution >= 4 is 21.3 Å². The fourth-order valence-electron chi connectivity index (χ4n) is 2.61. The number of hydrogen-bond acceptors (Lipinski definition) is 6. The first-order valence-corrected chi connectivity index (χ1v) is 8.91. The van der Waals surface area contributed by atoms with Crippen LogP contribution in [0.1, 0.15) is 23.2 Å². The van der Waals surface area contributed by atoms with Gasteiger partial charge in [-0.05, 0) is 25.0 Å². The van der Waals surface area contributed by atoms with Crippen molar-refractivity contribution in [3.8, 4) is 5.75 Å². The van der Waals surface area contributed by atoms with Crippen molar-refractivity contribution in [2.45, 2.75) is 18.9 Å². The first-order valence-electron chi connectivity index (χ1n) is 7.09. The number of aromatic amines is 1. The third-order valence-corrected chi connectivity index (χ3v) is 5.54. The maximum absolute atomic E-state index is 11.8. The Morgan fingerprint density at radius 2 is 2.00 bits per heavy atom. The second-order valence-corrected chi connectivity index (χ2v) is 7.70. The van der Waals surface area contributed by atoms with Crippen LogP contribution >= 0.6 is 0 Å². The van der Waals surface area contributed by atoms with Gasteiger partial charge in [-0.15, -0.1) is 0 Å². The first kappa shape index (κ1) is 15.6. The van der Waals surface area contributed by atoms with Gasteiger partial charge in [0.25, 0.3) is 5.56 Å². The predicted octanol–water partition coefficient (Wildman–Crippen LogP) is 0.370. The third kappa shape index (κ3) is 3.09. The number of aromatic nitrogens is 2. The van der Waals surface area contributed by atoms with E-state index in [0.29, 0.717) is 24.1 Å². The van der Waals surface area contributed by atoms with Gasteiger partial charge in [0, 0.05) is 0 Å². The number of methoxy groups -OCH3 is 1. The number of H-pyrrole nitrogens is 1. The fourth-order valence-corrected chi connectivity index (χ4v) is 4.05. The Bertz CT molecular complexity index is 897. The third-order valence-electron chi connectivity index (χ3n) is 3.82. The van der Waals surface area contributed by atoms with Crippen molar-refractivity contribution in [2.24, 2.45) is 0 Å². The van der Waals surface area contributed by atoms with Crippen molar-refractivity contribution in [3.63, 3.8) is 0 Å². The Labute approximate surface area is 131 Å². The molecule has 8 nitrogen and oxygen atoms in total. The predicted molar refractivity (Wildman–Crippen MR) is 81.7 cm³/mol. The summed E-state index contributed by atoms with van der Waals surface area (Å²) in [6.45, 7) is 0. The van der Waals surface area contributed by atoms with Gasteiger partial charge in [-0.25, -0.2) is 13.2 Å². The molecular weight excluding hydrogens is 324 g/mol. The smallest absolute Gasteiger partial charge is 0.345 e. The zero-order chi connectivity index (χ0) is 16.6. The maximum Gasteiger partial charge on any atom is 0.345 e. The number of nitrogens with zero attached hydrogens (tertiary/aromatic N) is 1. The molecule has 0 radical (unpaired) electrons. The standard InChI is InChI=1S/C14H16N2O6S/c1-21-14(18)12-11-3-2-10(8-16(11)15-13(12)17)22-9-4-6-23(19,20)7-5-9/h2-3,8-9H,4-7H2,1H3,(H,15,17). The van der Waals surface area contributed by atoms with Crippen LogP contribution in [-0.2, 0) is 14.6 Å². The van der Waals surface area contributed by atoms with Gasteiger partial charge in [-0.3, -0.25) is 14.4 Å². The average Bonchev–Trinajstić information content (AvgIpc) is 2.84. The van der Waals surface area contributed by atoms with Crippen molar-refractivity contribution in [2.75, 3.05) is 18.6 Å². The van der Waals surface area contributed by atoms with Crippen molar-refractivity contribution in [3.05, 3.63) is 34.2 Å². The van der Waals surface area contributed by atoms with Crippen LogP contribution in [0.4, 0.5) is 0 Å². The van der Waals surface area contributed by atoms with Crippen LogP contribution in [0.5, 0.6) is 5.75 Å². The first-order chi connectivity index (χ1) is 10.9. The number of hydrogen-bond donors (Lipinski definition) is 1. The van der Waals surface area contributed by atoms with E-state index in [-0.39, 0.29) is 23.2 Å². The van der Waals surface area contributed by atoms with E-state index in [1.165, 1.54) is 11.6 Å². The molecule has 2 aromatic heterocycles. The highest BCUT2D eigenvalue weighted by Gasteiger charge is 2.25. The number of pyridine rings is 1. The molecule has 0 amide bonds. The number of rotatable bonds is 3. The Morgan fingerprint density at radius 1 is 1.30 bits per heavy atom. The summed E-state index contributed by atoms with van der Waals surface area (Å²) < 4.78 is 34.6. The summed E-state index contributed by atoms with van der Waals surface area (Å²) in [5.74, 6) is 0.0174. The Morgan fingerprint density at radius 3 is 2.65 bits per heavy atom. The molecule has 3 heterocycles. The number of nitrogens with one attached hydrogen (secondary N) is 1. The highest BCUT2D eigenvalue weighted by molar-refractivity contribution is 7.91. The van der Waals surface area contributed by atoms with Crippen LogP contribution in [0.25, 0.3) is 5.52 Å². The minimum absolute atomic E-state index is 0.0668. The molecule has 3 rings (SSSR count). The van der Waals surface area contributed by atoms with E-state index in [2.05, 4.69) is 9.84 Å². The second kappa shape index (κ2) is 5.73. The lowest BCUT2D eigenvalue weighted by atomic mass is 10.2. The van der Waals surface area contributed by atoms with Crippen LogP contribution in [0.3, 0.4) is 0 Å². The lowest BCUT2D eigenvalue weighted by Crippen LogP contribution is -2.30. The molecule has 1 N–H and O–H groups in total. The van der Waals surface area contributed by atoms with Crippen LogP contribution in [0, 0.1) is 0 Å². The van der Waals surface area contributed by atoms with E-state index >= 15 is 0 Å². The minimum Gasteiger partial charge on any atom is -0.489 e. The Balaban J connectivity index is 1.84. The molecule has 0 unspecified atom stereocenters. The second-order valence-electron chi connectivity index (χ2n) is 5.40. The highest BCUT2D eigenvalue weighted by Crippen LogP contribution is 2.21. The van der Waals surface area contributed by atoms with Crippen molar-refractivity contribution in [1.29, 1.82) is 0 Å². The molecule has 0 aromatic carbocycles. The molecule has 23 heavy (non-hydrogen) atoms. The molecule has 1 saturated heterocycles. The number of carbonyl (C=O) groups is 1. The quantitative estimate of drug-likeness (QED) is 0.809. The molecule has 0 bridgehead atoms. The number of sulfone groups is 1. The summed E-state index contributed by atoms with van der Waals surface area (Å²) in [6, 6.07) is 3.22. The molecule has 1 fully saturated rings. The summed E-state index contributed by atoms with van der Waals surface area (Å²) >= 11 is 0. The van der Waals surface area contributed by atoms with E-state index in [4.69, 9.17) is 4.74 Å². The van der Waals surface area contributed by atoms with Gasteiger partial charge in [0.1, 0.15) is 11.9 Å². The largest absolute Gasteiger partial charge is 0.489 e. The van der Waals surface area contributed by atoms with Gasteiger partial charge in [-0.2, -0.15) is 0 Å². The van der Waals surface area contributed by atoms with E-state index in [1.54, 1.807) is 18.3 Å². The number of esters is 1. The summed E-state index contributed by atoms with van der Waals surface area (Å²) in [4.78, 5) is 23.5. The van der Waals surface area contributed by atoms with Gasteiger partial charge >= 0.3 is 5.97 Å². The zero-order valence-corrected chi connectivity index (χ0v) is 13.3. The summed E-state index contributed by atoms with van der Waals surface area (Å²) in [6.07, 6.45) is 2.25. The fraction of sp³-hybridized carbons (Fsp3) is 0.429. The van der Waals surface area contributed by atoms with E-state index < -0.39 is 21.4 Å². The van der Waals surface area contributed by atoms with Gasteiger partial charge in [0.15, 0.2) is 15.4 Å². The maximum atomic E-state index is 11.8. The van der Waals surface area contributed by atoms with Gasteiger partial charge < -0.3 is 9.47 Å². The normalized spacial score (nSPS) is 18.0. The minimum atomic E-state index is -2.94. The van der Waals surface area contributed by atoms with Crippen LogP contribution < -0.4 is 10.3 Å². The lowest BCUT2D eigenvalue weighted by Gasteiger charge is -2.23. The summed E-state index contributed by atoms with van der Waals surface area (Å²) in [5.41, 5.74) is -0.221. The molecule has 124 valence electrons. The summed E-state index contributed by atoms with van der Waals surface area (Å²) in [7, 11) is -1.73. The van der Waals surface area contributed by atoms with Gasteiger partial charge in [0.05, 0.1) is 30.3 Å².